The van der Waals surface area contributed by atoms with Crippen molar-refractivity contribution < 1.29 is 5.11 Å². The third-order valence-electron chi connectivity index (χ3n) is 3.86. The molecule has 0 aliphatic heterocycles. The zero-order chi connectivity index (χ0) is 13.7. The first-order valence-electron chi connectivity index (χ1n) is 7.21. The van der Waals surface area contributed by atoms with Crippen LogP contribution in [0.1, 0.15) is 38.2 Å². The molecule has 1 fully saturated rings. The van der Waals surface area contributed by atoms with Crippen LogP contribution in [0.15, 0.2) is 6.33 Å². The summed E-state index contributed by atoms with van der Waals surface area (Å²) < 4.78 is 0. The molecule has 0 bridgehead atoms. The van der Waals surface area contributed by atoms with Crippen molar-refractivity contribution in [3.63, 3.8) is 0 Å². The van der Waals surface area contributed by atoms with E-state index in [9.17, 15) is 0 Å². The SMILES string of the molecule is CCc1c(NC)ncnc1N(CCCO)C1CCC1. The fraction of sp³-hybridized carbons (Fsp3) is 0.714. The lowest BCUT2D eigenvalue weighted by molar-refractivity contribution is 0.282. The van der Waals surface area contributed by atoms with Gasteiger partial charge in [0.2, 0.25) is 0 Å². The van der Waals surface area contributed by atoms with E-state index in [1.54, 1.807) is 6.33 Å². The average Bonchev–Trinajstić information content (AvgIpc) is 2.40. The van der Waals surface area contributed by atoms with Crippen molar-refractivity contribution in [2.75, 3.05) is 30.4 Å². The normalized spacial score (nSPS) is 15.1. The number of hydrogen-bond donors (Lipinski definition) is 2. The number of rotatable bonds is 7. The summed E-state index contributed by atoms with van der Waals surface area (Å²) in [5, 5.41) is 12.2. The van der Waals surface area contributed by atoms with Gasteiger partial charge in [-0.1, -0.05) is 6.92 Å². The van der Waals surface area contributed by atoms with Gasteiger partial charge in [-0.2, -0.15) is 0 Å². The standard InChI is InChI=1S/C14H24N4O/c1-3-12-13(15-2)16-10-17-14(12)18(8-5-9-19)11-6-4-7-11/h10-11,19H,3-9H2,1-2H3,(H,15,16,17). The van der Waals surface area contributed by atoms with E-state index in [1.165, 1.54) is 24.8 Å². The molecule has 0 spiro atoms. The Balaban J connectivity index is 2.28. The first-order chi connectivity index (χ1) is 9.31. The lowest BCUT2D eigenvalue weighted by Gasteiger charge is -2.39. The van der Waals surface area contributed by atoms with Crippen molar-refractivity contribution in [1.82, 2.24) is 9.97 Å². The summed E-state index contributed by atoms with van der Waals surface area (Å²) in [6, 6.07) is 0.580. The molecule has 0 aromatic carbocycles. The highest BCUT2D eigenvalue weighted by atomic mass is 16.3. The monoisotopic (exact) mass is 264 g/mol. The van der Waals surface area contributed by atoms with Crippen molar-refractivity contribution in [3.8, 4) is 0 Å². The number of aliphatic hydroxyl groups is 1. The zero-order valence-electron chi connectivity index (χ0n) is 11.9. The molecule has 106 valence electrons. The number of aliphatic hydroxyl groups excluding tert-OH is 1. The van der Waals surface area contributed by atoms with Crippen LogP contribution in [-0.4, -0.2) is 41.3 Å². The van der Waals surface area contributed by atoms with Crippen molar-refractivity contribution >= 4 is 11.6 Å². The van der Waals surface area contributed by atoms with Crippen molar-refractivity contribution in [2.45, 2.75) is 45.1 Å². The van der Waals surface area contributed by atoms with Gasteiger partial charge in [-0.25, -0.2) is 9.97 Å². The lowest BCUT2D eigenvalue weighted by Crippen LogP contribution is -2.42. The van der Waals surface area contributed by atoms with Crippen LogP contribution in [0.5, 0.6) is 0 Å². The van der Waals surface area contributed by atoms with Crippen LogP contribution in [0.2, 0.25) is 0 Å². The van der Waals surface area contributed by atoms with E-state index in [2.05, 4.69) is 27.1 Å². The fourth-order valence-electron chi connectivity index (χ4n) is 2.59. The van der Waals surface area contributed by atoms with Gasteiger partial charge in [0, 0.05) is 31.8 Å². The molecule has 0 unspecified atom stereocenters. The smallest absolute Gasteiger partial charge is 0.137 e. The third-order valence-corrected chi connectivity index (χ3v) is 3.86. The molecule has 0 saturated heterocycles. The summed E-state index contributed by atoms with van der Waals surface area (Å²) in [7, 11) is 1.90. The molecule has 1 aliphatic carbocycles. The van der Waals surface area contributed by atoms with Crippen LogP contribution >= 0.6 is 0 Å². The van der Waals surface area contributed by atoms with Crippen LogP contribution in [0.3, 0.4) is 0 Å². The molecule has 5 nitrogen and oxygen atoms in total. The average molecular weight is 264 g/mol. The highest BCUT2D eigenvalue weighted by Gasteiger charge is 2.27. The second kappa shape index (κ2) is 6.70. The van der Waals surface area contributed by atoms with Crippen LogP contribution in [0, 0.1) is 0 Å². The van der Waals surface area contributed by atoms with Gasteiger partial charge in [0.1, 0.15) is 18.0 Å². The highest BCUT2D eigenvalue weighted by molar-refractivity contribution is 5.59. The number of anilines is 2. The molecule has 1 aliphatic rings. The van der Waals surface area contributed by atoms with Crippen molar-refractivity contribution in [1.29, 1.82) is 0 Å². The Labute approximate surface area is 115 Å². The Bertz CT molecular complexity index is 406. The quantitative estimate of drug-likeness (QED) is 0.786. The first kappa shape index (κ1) is 14.1. The molecular weight excluding hydrogens is 240 g/mol. The van der Waals surface area contributed by atoms with Crippen LogP contribution in [-0.2, 0) is 6.42 Å². The predicted octanol–water partition coefficient (Wildman–Crippen LogP) is 1.82. The minimum atomic E-state index is 0.231. The summed E-state index contributed by atoms with van der Waals surface area (Å²) in [5.41, 5.74) is 1.18. The molecule has 2 rings (SSSR count). The molecule has 1 heterocycles. The summed E-state index contributed by atoms with van der Waals surface area (Å²) in [6.07, 6.45) is 7.09. The van der Waals surface area contributed by atoms with Gasteiger partial charge in [0.05, 0.1) is 0 Å². The maximum absolute atomic E-state index is 9.09. The molecule has 1 aromatic heterocycles. The Kier molecular flexibility index (Phi) is 4.96. The van der Waals surface area contributed by atoms with Gasteiger partial charge in [-0.3, -0.25) is 0 Å². The second-order valence-corrected chi connectivity index (χ2v) is 4.98. The van der Waals surface area contributed by atoms with Crippen LogP contribution < -0.4 is 10.2 Å². The van der Waals surface area contributed by atoms with E-state index in [-0.39, 0.29) is 6.61 Å². The van der Waals surface area contributed by atoms with Gasteiger partial charge in [0.15, 0.2) is 0 Å². The maximum atomic E-state index is 9.09. The summed E-state index contributed by atoms with van der Waals surface area (Å²) in [4.78, 5) is 11.2. The van der Waals surface area contributed by atoms with Gasteiger partial charge in [0.25, 0.3) is 0 Å². The molecule has 1 aromatic rings. The van der Waals surface area contributed by atoms with Gasteiger partial charge >= 0.3 is 0 Å². The van der Waals surface area contributed by atoms with E-state index >= 15 is 0 Å². The number of hydrogen-bond acceptors (Lipinski definition) is 5. The fourth-order valence-corrected chi connectivity index (χ4v) is 2.59. The largest absolute Gasteiger partial charge is 0.396 e. The summed E-state index contributed by atoms with van der Waals surface area (Å²) in [5.74, 6) is 1.96. The Morgan fingerprint density at radius 3 is 2.74 bits per heavy atom. The lowest BCUT2D eigenvalue weighted by atomic mass is 9.91. The number of aromatic nitrogens is 2. The Morgan fingerprint density at radius 1 is 1.42 bits per heavy atom. The molecule has 5 heteroatoms. The van der Waals surface area contributed by atoms with Crippen molar-refractivity contribution in [2.24, 2.45) is 0 Å². The van der Waals surface area contributed by atoms with Gasteiger partial charge in [-0.15, -0.1) is 0 Å². The molecular formula is C14H24N4O. The molecule has 0 radical (unpaired) electrons. The van der Waals surface area contributed by atoms with Crippen LogP contribution in [0.25, 0.3) is 0 Å². The number of nitrogens with one attached hydrogen (secondary N) is 1. The van der Waals surface area contributed by atoms with Crippen LogP contribution in [0.4, 0.5) is 11.6 Å². The molecule has 0 atom stereocenters. The maximum Gasteiger partial charge on any atom is 0.137 e. The zero-order valence-corrected chi connectivity index (χ0v) is 11.9. The van der Waals surface area contributed by atoms with E-state index in [4.69, 9.17) is 5.11 Å². The predicted molar refractivity (Wildman–Crippen MR) is 77.6 cm³/mol. The minimum absolute atomic E-state index is 0.231. The number of nitrogens with zero attached hydrogens (tertiary/aromatic N) is 3. The molecule has 0 amide bonds. The van der Waals surface area contributed by atoms with Gasteiger partial charge < -0.3 is 15.3 Å². The van der Waals surface area contributed by atoms with E-state index in [0.29, 0.717) is 6.04 Å². The molecule has 19 heavy (non-hydrogen) atoms. The topological polar surface area (TPSA) is 61.3 Å². The third kappa shape index (κ3) is 2.97. The minimum Gasteiger partial charge on any atom is -0.396 e. The van der Waals surface area contributed by atoms with E-state index in [0.717, 1.165) is 31.0 Å². The van der Waals surface area contributed by atoms with Crippen molar-refractivity contribution in [3.05, 3.63) is 11.9 Å². The van der Waals surface area contributed by atoms with Gasteiger partial charge in [-0.05, 0) is 32.1 Å². The Morgan fingerprint density at radius 2 is 2.21 bits per heavy atom. The highest BCUT2D eigenvalue weighted by Crippen LogP contribution is 2.32. The Hall–Kier alpha value is -1.36. The van der Waals surface area contributed by atoms with E-state index in [1.807, 2.05) is 7.05 Å². The molecule has 2 N–H and O–H groups in total. The molecule has 1 saturated carbocycles. The summed E-state index contributed by atoms with van der Waals surface area (Å²) >= 11 is 0. The second-order valence-electron chi connectivity index (χ2n) is 4.98. The first-order valence-corrected chi connectivity index (χ1v) is 7.21. The van der Waals surface area contributed by atoms with E-state index < -0.39 is 0 Å². The summed E-state index contributed by atoms with van der Waals surface area (Å²) in [6.45, 7) is 3.23.